The van der Waals surface area contributed by atoms with Crippen molar-refractivity contribution in [2.45, 2.75) is 42.9 Å². The largest absolute Gasteiger partial charge is 0.454 e. The zero-order valence-electron chi connectivity index (χ0n) is 31.3. The topological polar surface area (TPSA) is 16.4 Å². The van der Waals surface area contributed by atoms with E-state index in [-0.39, 0.29) is 11.3 Å². The molecule has 1 heterocycles. The van der Waals surface area contributed by atoms with Gasteiger partial charge >= 0.3 is 0 Å². The average Bonchev–Trinajstić information content (AvgIpc) is 4.04. The molecule has 56 heavy (non-hydrogen) atoms. The maximum absolute atomic E-state index is 7.22. The molecule has 12 rings (SSSR count). The van der Waals surface area contributed by atoms with Crippen LogP contribution in [0.2, 0.25) is 0 Å². The molecule has 268 valence electrons. The van der Waals surface area contributed by atoms with E-state index in [2.05, 4.69) is 187 Å². The van der Waals surface area contributed by atoms with Crippen LogP contribution in [0.1, 0.15) is 65.5 Å². The molecule has 0 amide bonds. The Morgan fingerprint density at radius 1 is 0.554 bits per heavy atom. The maximum atomic E-state index is 7.22. The molecule has 2 heteroatoms. The number of hydrogen-bond acceptors (Lipinski definition) is 2. The number of anilines is 3. The van der Waals surface area contributed by atoms with Crippen LogP contribution in [0, 0.1) is 5.92 Å². The van der Waals surface area contributed by atoms with Crippen LogP contribution in [0.4, 0.5) is 17.1 Å². The summed E-state index contributed by atoms with van der Waals surface area (Å²) in [6, 6.07) is 61.3. The summed E-state index contributed by atoms with van der Waals surface area (Å²) in [7, 11) is 0. The maximum Gasteiger partial charge on any atom is 0.159 e. The van der Waals surface area contributed by atoms with Crippen molar-refractivity contribution in [3.63, 3.8) is 0 Å². The molecule has 0 N–H and O–H groups in total. The first-order chi connectivity index (χ1) is 27.8. The van der Waals surface area contributed by atoms with Gasteiger partial charge in [0.05, 0.1) is 16.8 Å². The number of benzene rings is 7. The fourth-order valence-corrected chi connectivity index (χ4v) is 11.6. The SMILES string of the molecule is C1=CCC2C(=C1)c1ccccc1C2(c1ccccc1)c1ccc2c(oc3ccccc32)c1N(c1ccccc1)c1cccc2c1-c1ccccc1C21CCCC1. The Bertz CT molecular complexity index is 2910. The number of rotatable bonds is 5. The van der Waals surface area contributed by atoms with Gasteiger partial charge in [0.1, 0.15) is 5.58 Å². The number of para-hydroxylation sites is 2. The highest BCUT2D eigenvalue weighted by Gasteiger charge is 2.54. The summed E-state index contributed by atoms with van der Waals surface area (Å²) in [5.41, 5.74) is 17.1. The van der Waals surface area contributed by atoms with Gasteiger partial charge in [-0.2, -0.15) is 0 Å². The van der Waals surface area contributed by atoms with Gasteiger partial charge in [-0.15, -0.1) is 0 Å². The van der Waals surface area contributed by atoms with Gasteiger partial charge in [0, 0.05) is 33.4 Å². The monoisotopic (exact) mass is 719 g/mol. The van der Waals surface area contributed by atoms with E-state index in [1.54, 1.807) is 0 Å². The van der Waals surface area contributed by atoms with Crippen LogP contribution >= 0.6 is 0 Å². The smallest absolute Gasteiger partial charge is 0.159 e. The summed E-state index contributed by atoms with van der Waals surface area (Å²) >= 11 is 0. The van der Waals surface area contributed by atoms with Crippen molar-refractivity contribution < 1.29 is 4.42 Å². The third kappa shape index (κ3) is 4.17. The number of furan rings is 1. The second kappa shape index (κ2) is 12.1. The van der Waals surface area contributed by atoms with Gasteiger partial charge in [0.2, 0.25) is 0 Å². The molecular formula is C54H41NO. The van der Waals surface area contributed by atoms with Crippen LogP contribution in [-0.2, 0) is 10.8 Å². The standard InChI is InChI=1S/C54H41NO/c1-3-18-36(19-4-1)54(44-27-12-7-22-38(44)39-23-8-13-28-45(39)54)47-33-32-41-40-24-10-14-31-49(40)56-52(41)51(47)55(37-20-5-2-6-21-37)48-30-17-29-46-50(48)42-25-9-11-26-43(42)53(46)34-15-16-35-53/h1-14,17-27,29-33,45H,15-16,28,34-35H2. The molecule has 4 aliphatic rings. The summed E-state index contributed by atoms with van der Waals surface area (Å²) in [5, 5.41) is 2.27. The lowest BCUT2D eigenvalue weighted by Gasteiger charge is -2.42. The second-order valence-electron chi connectivity index (χ2n) is 16.2. The minimum Gasteiger partial charge on any atom is -0.454 e. The van der Waals surface area contributed by atoms with Gasteiger partial charge in [-0.25, -0.2) is 0 Å². The Labute approximate surface area is 328 Å². The Kier molecular flexibility index (Phi) is 6.87. The van der Waals surface area contributed by atoms with Crippen LogP contribution in [0.25, 0.3) is 38.6 Å². The predicted octanol–water partition coefficient (Wildman–Crippen LogP) is 14.2. The van der Waals surface area contributed by atoms with Crippen LogP contribution < -0.4 is 4.90 Å². The minimum absolute atomic E-state index is 0.0439. The minimum atomic E-state index is -0.507. The summed E-state index contributed by atoms with van der Waals surface area (Å²) in [6.45, 7) is 0. The van der Waals surface area contributed by atoms with E-state index in [0.717, 1.165) is 39.7 Å². The molecule has 1 aromatic heterocycles. The lowest BCUT2D eigenvalue weighted by Crippen LogP contribution is -2.36. The average molecular weight is 720 g/mol. The van der Waals surface area contributed by atoms with Crippen LogP contribution in [0.3, 0.4) is 0 Å². The highest BCUT2D eigenvalue weighted by atomic mass is 16.3. The lowest BCUT2D eigenvalue weighted by molar-refractivity contribution is 0.484. The molecule has 8 aromatic rings. The molecule has 2 unspecified atom stereocenters. The van der Waals surface area contributed by atoms with Crippen LogP contribution in [-0.4, -0.2) is 0 Å². The van der Waals surface area contributed by atoms with Crippen molar-refractivity contribution in [2.24, 2.45) is 5.92 Å². The fraction of sp³-hybridized carbons (Fsp3) is 0.148. The molecule has 0 saturated heterocycles. The number of allylic oxidation sites excluding steroid dienone is 4. The van der Waals surface area contributed by atoms with Crippen molar-refractivity contribution in [3.05, 3.63) is 215 Å². The van der Waals surface area contributed by atoms with E-state index in [4.69, 9.17) is 4.42 Å². The summed E-state index contributed by atoms with van der Waals surface area (Å²) in [5.74, 6) is 0.189. The number of hydrogen-bond donors (Lipinski definition) is 0. The van der Waals surface area contributed by atoms with Gasteiger partial charge in [-0.3, -0.25) is 0 Å². The highest BCUT2D eigenvalue weighted by molar-refractivity contribution is 6.12. The molecule has 0 radical (unpaired) electrons. The predicted molar refractivity (Wildman–Crippen MR) is 231 cm³/mol. The third-order valence-electron chi connectivity index (χ3n) is 13.7. The van der Waals surface area contributed by atoms with Crippen molar-refractivity contribution >= 4 is 44.6 Å². The third-order valence-corrected chi connectivity index (χ3v) is 13.7. The van der Waals surface area contributed by atoms with Crippen molar-refractivity contribution in [3.8, 4) is 11.1 Å². The molecule has 7 aromatic carbocycles. The first kappa shape index (κ1) is 31.9. The quantitative estimate of drug-likeness (QED) is 0.176. The van der Waals surface area contributed by atoms with E-state index < -0.39 is 5.41 Å². The van der Waals surface area contributed by atoms with E-state index in [9.17, 15) is 0 Å². The van der Waals surface area contributed by atoms with E-state index >= 15 is 0 Å². The van der Waals surface area contributed by atoms with E-state index in [1.807, 2.05) is 0 Å². The van der Waals surface area contributed by atoms with Gasteiger partial charge in [-0.05, 0) is 88.0 Å². The summed E-state index contributed by atoms with van der Waals surface area (Å²) < 4.78 is 7.22. The summed E-state index contributed by atoms with van der Waals surface area (Å²) in [6.07, 6.45) is 12.8. The Morgan fingerprint density at radius 2 is 1.25 bits per heavy atom. The number of nitrogens with zero attached hydrogens (tertiary/aromatic N) is 1. The van der Waals surface area contributed by atoms with Gasteiger partial charge in [0.25, 0.3) is 0 Å². The highest BCUT2D eigenvalue weighted by Crippen LogP contribution is 2.64. The van der Waals surface area contributed by atoms with Crippen molar-refractivity contribution in [2.75, 3.05) is 4.90 Å². The first-order valence-corrected chi connectivity index (χ1v) is 20.3. The Hall–Kier alpha value is -6.38. The molecule has 2 nitrogen and oxygen atoms in total. The Balaban J connectivity index is 1.26. The molecule has 0 aliphatic heterocycles. The van der Waals surface area contributed by atoms with E-state index in [0.29, 0.717) is 0 Å². The normalized spacial score (nSPS) is 19.9. The lowest BCUT2D eigenvalue weighted by atomic mass is 9.62. The van der Waals surface area contributed by atoms with Gasteiger partial charge < -0.3 is 9.32 Å². The second-order valence-corrected chi connectivity index (χ2v) is 16.2. The molecule has 1 saturated carbocycles. The van der Waals surface area contributed by atoms with E-state index in [1.165, 1.54) is 81.5 Å². The molecule has 1 fully saturated rings. The zero-order valence-corrected chi connectivity index (χ0v) is 31.3. The molecule has 0 bridgehead atoms. The number of fused-ring (bicyclic) bond motifs is 11. The Morgan fingerprint density at radius 3 is 2.09 bits per heavy atom. The van der Waals surface area contributed by atoms with Crippen LogP contribution in [0.5, 0.6) is 0 Å². The molecule has 1 spiro atoms. The molecule has 4 aliphatic carbocycles. The molecule has 2 atom stereocenters. The first-order valence-electron chi connectivity index (χ1n) is 20.3. The van der Waals surface area contributed by atoms with Crippen LogP contribution in [0.15, 0.2) is 186 Å². The fourth-order valence-electron chi connectivity index (χ4n) is 11.6. The van der Waals surface area contributed by atoms with Gasteiger partial charge in [-0.1, -0.05) is 171 Å². The van der Waals surface area contributed by atoms with Gasteiger partial charge in [0.15, 0.2) is 5.58 Å². The van der Waals surface area contributed by atoms with Crippen molar-refractivity contribution in [1.29, 1.82) is 0 Å². The zero-order chi connectivity index (χ0) is 36.8. The van der Waals surface area contributed by atoms with Crippen molar-refractivity contribution in [1.82, 2.24) is 0 Å². The summed E-state index contributed by atoms with van der Waals surface area (Å²) in [4.78, 5) is 2.58. The molecular weight excluding hydrogens is 679 g/mol.